The van der Waals surface area contributed by atoms with E-state index in [2.05, 4.69) is 55.2 Å². The van der Waals surface area contributed by atoms with Gasteiger partial charge in [0.05, 0.1) is 12.2 Å². The van der Waals surface area contributed by atoms with E-state index in [0.29, 0.717) is 19.0 Å². The van der Waals surface area contributed by atoms with E-state index in [9.17, 15) is 4.39 Å². The van der Waals surface area contributed by atoms with Crippen LogP contribution >= 0.6 is 0 Å². The van der Waals surface area contributed by atoms with Gasteiger partial charge in [-0.2, -0.15) is 0 Å². The Bertz CT molecular complexity index is 959. The molecule has 0 amide bonds. The van der Waals surface area contributed by atoms with Crippen LogP contribution in [-0.4, -0.2) is 74.3 Å². The molecule has 0 aromatic heterocycles. The molecule has 2 unspecified atom stereocenters. The maximum atomic E-state index is 13.6. The lowest BCUT2D eigenvalue weighted by Crippen LogP contribution is -2.38. The first-order valence-corrected chi connectivity index (χ1v) is 11.8. The lowest BCUT2D eigenvalue weighted by atomic mass is 10.1. The number of rotatable bonds is 7. The highest BCUT2D eigenvalue weighted by Crippen LogP contribution is 2.19. The maximum absolute atomic E-state index is 13.6. The summed E-state index contributed by atoms with van der Waals surface area (Å²) >= 11 is 0. The molecule has 3 aliphatic heterocycles. The summed E-state index contributed by atoms with van der Waals surface area (Å²) in [6.07, 6.45) is 14.9. The van der Waals surface area contributed by atoms with Crippen molar-refractivity contribution >= 4 is 18.6 Å². The van der Waals surface area contributed by atoms with Crippen molar-refractivity contribution in [1.82, 2.24) is 15.1 Å². The molecule has 0 aliphatic carbocycles. The average molecular weight is 449 g/mol. The molecule has 2 atom stereocenters. The summed E-state index contributed by atoms with van der Waals surface area (Å²) in [4.78, 5) is 18.2. The largest absolute Gasteiger partial charge is 0.355 e. The molecule has 0 radical (unpaired) electrons. The zero-order chi connectivity index (χ0) is 22.9. The molecule has 1 aromatic rings. The fourth-order valence-corrected chi connectivity index (χ4v) is 4.34. The first kappa shape index (κ1) is 23.3. The minimum absolute atomic E-state index is 0.0864. The summed E-state index contributed by atoms with van der Waals surface area (Å²) in [5.41, 5.74) is 2.12. The van der Waals surface area contributed by atoms with Crippen LogP contribution in [0.25, 0.3) is 0 Å². The van der Waals surface area contributed by atoms with Crippen LogP contribution in [0.4, 0.5) is 4.39 Å². The van der Waals surface area contributed by atoms with E-state index < -0.39 is 0 Å². The fourth-order valence-electron chi connectivity index (χ4n) is 4.34. The zero-order valence-corrected chi connectivity index (χ0v) is 19.3. The highest BCUT2D eigenvalue weighted by Gasteiger charge is 2.21. The summed E-state index contributed by atoms with van der Waals surface area (Å²) in [5, 5.41) is 3.69. The second-order valence-electron chi connectivity index (χ2n) is 8.66. The first-order valence-electron chi connectivity index (χ1n) is 11.8. The lowest BCUT2D eigenvalue weighted by Gasteiger charge is -2.28. The highest BCUT2D eigenvalue weighted by molar-refractivity contribution is 6.16. The van der Waals surface area contributed by atoms with E-state index in [1.165, 1.54) is 0 Å². The predicted molar refractivity (Wildman–Crippen MR) is 135 cm³/mol. The van der Waals surface area contributed by atoms with Gasteiger partial charge in [-0.1, -0.05) is 31.2 Å². The van der Waals surface area contributed by atoms with Gasteiger partial charge < -0.3 is 10.2 Å². The molecule has 6 nitrogen and oxygen atoms in total. The van der Waals surface area contributed by atoms with E-state index in [0.717, 1.165) is 56.2 Å². The van der Waals surface area contributed by atoms with Crippen molar-refractivity contribution in [1.29, 1.82) is 0 Å². The third-order valence-electron chi connectivity index (χ3n) is 6.11. The Morgan fingerprint density at radius 1 is 1.06 bits per heavy atom. The SMILES string of the molecule is CC1C=CC=NC(CNC(CN2CCCN(C3=CCN=CC=N3)CC2)c2ccc(F)cc2)=C1. The van der Waals surface area contributed by atoms with E-state index in [1.54, 1.807) is 24.6 Å². The van der Waals surface area contributed by atoms with Gasteiger partial charge in [0.25, 0.3) is 0 Å². The quantitative estimate of drug-likeness (QED) is 0.693. The molecule has 1 N–H and O–H groups in total. The minimum atomic E-state index is -0.208. The van der Waals surface area contributed by atoms with Gasteiger partial charge >= 0.3 is 0 Å². The summed E-state index contributed by atoms with van der Waals surface area (Å²) in [6.45, 7) is 8.25. The van der Waals surface area contributed by atoms with Gasteiger partial charge in [-0.15, -0.1) is 0 Å². The van der Waals surface area contributed by atoms with Crippen molar-refractivity contribution < 1.29 is 4.39 Å². The molecule has 0 bridgehead atoms. The van der Waals surface area contributed by atoms with Crippen molar-refractivity contribution in [2.24, 2.45) is 20.9 Å². The van der Waals surface area contributed by atoms with Crippen LogP contribution < -0.4 is 5.32 Å². The minimum Gasteiger partial charge on any atom is -0.355 e. The number of halogens is 1. The summed E-state index contributed by atoms with van der Waals surface area (Å²) in [6, 6.07) is 6.95. The highest BCUT2D eigenvalue weighted by atomic mass is 19.1. The van der Waals surface area contributed by atoms with E-state index in [-0.39, 0.29) is 11.9 Å². The molecule has 3 heterocycles. The second-order valence-corrected chi connectivity index (χ2v) is 8.66. The van der Waals surface area contributed by atoms with Crippen LogP contribution in [0.3, 0.4) is 0 Å². The van der Waals surface area contributed by atoms with Crippen molar-refractivity contribution in [3.63, 3.8) is 0 Å². The van der Waals surface area contributed by atoms with Crippen LogP contribution in [0.1, 0.15) is 24.9 Å². The molecule has 174 valence electrons. The summed E-state index contributed by atoms with van der Waals surface area (Å²) < 4.78 is 13.6. The summed E-state index contributed by atoms with van der Waals surface area (Å²) in [5.74, 6) is 1.17. The molecule has 3 aliphatic rings. The van der Waals surface area contributed by atoms with Crippen LogP contribution in [0.5, 0.6) is 0 Å². The third kappa shape index (κ3) is 7.04. The molecule has 4 rings (SSSR count). The topological polar surface area (TPSA) is 55.6 Å². The van der Waals surface area contributed by atoms with Crippen LogP contribution in [0, 0.1) is 11.7 Å². The number of nitrogens with zero attached hydrogens (tertiary/aromatic N) is 5. The van der Waals surface area contributed by atoms with Gasteiger partial charge in [-0.25, -0.2) is 9.38 Å². The van der Waals surface area contributed by atoms with E-state index in [1.807, 2.05) is 24.4 Å². The molecule has 1 aromatic carbocycles. The van der Waals surface area contributed by atoms with Crippen LogP contribution in [-0.2, 0) is 0 Å². The van der Waals surface area contributed by atoms with Gasteiger partial charge in [0, 0.05) is 57.4 Å². The van der Waals surface area contributed by atoms with Crippen LogP contribution in [0.2, 0.25) is 0 Å². The number of hydrogen-bond donors (Lipinski definition) is 1. The van der Waals surface area contributed by atoms with Gasteiger partial charge in [0.2, 0.25) is 0 Å². The number of benzene rings is 1. The Balaban J connectivity index is 1.41. The number of allylic oxidation sites excluding steroid dienone is 3. The van der Waals surface area contributed by atoms with Gasteiger partial charge in [0.1, 0.15) is 11.6 Å². The van der Waals surface area contributed by atoms with Crippen LogP contribution in [0.15, 0.2) is 75.1 Å². The molecule has 7 heteroatoms. The lowest BCUT2D eigenvalue weighted by molar-refractivity contribution is 0.249. The number of aliphatic imine (C=N–C) groups is 3. The van der Waals surface area contributed by atoms with E-state index in [4.69, 9.17) is 0 Å². The standard InChI is InChI=1S/C26H33FN6/c1-21-4-2-10-29-24(18-21)19-31-25(22-5-7-23(27)8-6-22)20-32-14-3-15-33(17-16-32)26-9-11-28-12-13-30-26/h2,4-10,12-13,18,21,25,31H,3,11,14-17,19-20H2,1H3. The smallest absolute Gasteiger partial charge is 0.126 e. The first-order chi connectivity index (χ1) is 16.2. The molecule has 1 fully saturated rings. The van der Waals surface area contributed by atoms with Crippen molar-refractivity contribution in [2.45, 2.75) is 19.4 Å². The molecule has 0 spiro atoms. The summed E-state index contributed by atoms with van der Waals surface area (Å²) in [7, 11) is 0. The fraction of sp³-hybridized carbons (Fsp3) is 0.423. The zero-order valence-electron chi connectivity index (χ0n) is 19.3. The second kappa shape index (κ2) is 11.8. The van der Waals surface area contributed by atoms with Crippen molar-refractivity contribution in [3.05, 3.63) is 71.5 Å². The van der Waals surface area contributed by atoms with Gasteiger partial charge in [-0.05, 0) is 48.7 Å². The molecule has 0 saturated carbocycles. The normalized spacial score (nSPS) is 22.4. The molecule has 33 heavy (non-hydrogen) atoms. The Labute approximate surface area is 196 Å². The number of hydrogen-bond acceptors (Lipinski definition) is 6. The molecular formula is C26H33FN6. The van der Waals surface area contributed by atoms with Crippen molar-refractivity contribution in [3.8, 4) is 0 Å². The molecular weight excluding hydrogens is 415 g/mol. The predicted octanol–water partition coefficient (Wildman–Crippen LogP) is 3.62. The molecule has 1 saturated heterocycles. The maximum Gasteiger partial charge on any atom is 0.126 e. The van der Waals surface area contributed by atoms with Gasteiger partial charge in [-0.3, -0.25) is 14.9 Å². The Kier molecular flexibility index (Phi) is 8.33. The Hall–Kier alpha value is -2.90. The third-order valence-corrected chi connectivity index (χ3v) is 6.11. The van der Waals surface area contributed by atoms with E-state index >= 15 is 0 Å². The van der Waals surface area contributed by atoms with Crippen molar-refractivity contribution in [2.75, 3.05) is 45.8 Å². The number of nitrogens with one attached hydrogen (secondary N) is 1. The van der Waals surface area contributed by atoms with Gasteiger partial charge in [0.15, 0.2) is 0 Å². The Morgan fingerprint density at radius 3 is 2.82 bits per heavy atom. The Morgan fingerprint density at radius 2 is 1.94 bits per heavy atom. The monoisotopic (exact) mass is 448 g/mol. The average Bonchev–Trinajstić information content (AvgIpc) is 3.30.